The van der Waals surface area contributed by atoms with Crippen LogP contribution < -0.4 is 0 Å². The van der Waals surface area contributed by atoms with Crippen LogP contribution in [0.15, 0.2) is 0 Å². The van der Waals surface area contributed by atoms with Crippen LogP contribution >= 0.6 is 23.3 Å². The zero-order valence-electron chi connectivity index (χ0n) is 15.2. The van der Waals surface area contributed by atoms with Crippen molar-refractivity contribution < 1.29 is 0 Å². The molecule has 0 radical (unpaired) electrons. The van der Waals surface area contributed by atoms with E-state index in [1.54, 1.807) is 38.5 Å². The van der Waals surface area contributed by atoms with Gasteiger partial charge in [-0.15, -0.1) is 0 Å². The zero-order valence-corrected chi connectivity index (χ0v) is 17.6. The first kappa shape index (κ1) is 18.6. The predicted octanol–water partition coefficient (Wildman–Crippen LogP) is 8.27. The molecule has 0 heterocycles. The number of rotatable bonds is 3. The average Bonchev–Trinajstić information content (AvgIpc) is 3.10. The van der Waals surface area contributed by atoms with E-state index in [1.807, 2.05) is 0 Å². The van der Waals surface area contributed by atoms with E-state index in [2.05, 4.69) is 14.8 Å². The molecule has 23 heavy (non-hydrogen) atoms. The maximum Gasteiger partial charge on any atom is -0.00162 e. The Morgan fingerprint density at radius 3 is 0.826 bits per heavy atom. The standard InChI is InChI=1S/C21H39BrS/c22-23(19-13-7-1-2-8-14-19,20-15-9-3-4-10-16-20)21-17-11-5-6-12-18-21/h19-21H,1-18H2. The summed E-state index contributed by atoms with van der Waals surface area (Å²) < 4.78 is 0. The molecule has 0 unspecified atom stereocenters. The second kappa shape index (κ2) is 9.51. The van der Waals surface area contributed by atoms with Crippen LogP contribution in [0.25, 0.3) is 0 Å². The minimum Gasteiger partial charge on any atom is -0.174 e. The third-order valence-corrected chi connectivity index (χ3v) is 16.2. The summed E-state index contributed by atoms with van der Waals surface area (Å²) in [4.78, 5) is 0. The summed E-state index contributed by atoms with van der Waals surface area (Å²) in [6.07, 6.45) is 27.5. The normalized spacial score (nSPS) is 28.7. The Kier molecular flexibility index (Phi) is 7.69. The lowest BCUT2D eigenvalue weighted by Crippen LogP contribution is -2.33. The van der Waals surface area contributed by atoms with Gasteiger partial charge in [-0.2, -0.15) is 8.46 Å². The molecule has 0 bridgehead atoms. The number of hydrogen-bond donors (Lipinski definition) is 0. The van der Waals surface area contributed by atoms with E-state index in [9.17, 15) is 0 Å². The predicted molar refractivity (Wildman–Crippen MR) is 111 cm³/mol. The average molecular weight is 404 g/mol. The lowest BCUT2D eigenvalue weighted by Gasteiger charge is -2.52. The highest BCUT2D eigenvalue weighted by atomic mass is 79.9. The van der Waals surface area contributed by atoms with Crippen LogP contribution in [0.2, 0.25) is 0 Å². The van der Waals surface area contributed by atoms with E-state index in [0.29, 0.717) is 0 Å². The van der Waals surface area contributed by atoms with E-state index < -0.39 is 8.46 Å². The minimum absolute atomic E-state index is 0.602. The second-order valence-corrected chi connectivity index (χ2v) is 15.2. The van der Waals surface area contributed by atoms with Gasteiger partial charge in [-0.3, -0.25) is 0 Å². The summed E-state index contributed by atoms with van der Waals surface area (Å²) in [5, 5.41) is 3.16. The molecule has 3 rings (SSSR count). The van der Waals surface area contributed by atoms with Gasteiger partial charge in [0.15, 0.2) is 0 Å². The number of halogens is 1. The third-order valence-electron chi connectivity index (χ3n) is 6.94. The Morgan fingerprint density at radius 2 is 0.609 bits per heavy atom. The largest absolute Gasteiger partial charge is 0.174 e. The highest BCUT2D eigenvalue weighted by molar-refractivity contribution is 9.58. The molecule has 0 aromatic heterocycles. The van der Waals surface area contributed by atoms with Gasteiger partial charge in [-0.05, 0) is 69.1 Å². The van der Waals surface area contributed by atoms with Crippen molar-refractivity contribution in [3.05, 3.63) is 0 Å². The molecule has 136 valence electrons. The molecule has 0 spiro atoms. The van der Waals surface area contributed by atoms with Gasteiger partial charge < -0.3 is 0 Å². The van der Waals surface area contributed by atoms with E-state index in [4.69, 9.17) is 0 Å². The summed E-state index contributed by atoms with van der Waals surface area (Å²) >= 11 is 4.66. The molecule has 0 nitrogen and oxygen atoms in total. The van der Waals surface area contributed by atoms with Gasteiger partial charge in [0.25, 0.3) is 0 Å². The van der Waals surface area contributed by atoms with Gasteiger partial charge >= 0.3 is 0 Å². The van der Waals surface area contributed by atoms with Crippen molar-refractivity contribution in [3.8, 4) is 0 Å². The van der Waals surface area contributed by atoms with Crippen LogP contribution in [0.1, 0.15) is 116 Å². The van der Waals surface area contributed by atoms with Gasteiger partial charge in [0.1, 0.15) is 0 Å². The molecular formula is C21H39BrS. The molecule has 2 heteroatoms. The molecule has 3 fully saturated rings. The summed E-state index contributed by atoms with van der Waals surface area (Å²) in [6.45, 7) is 0. The molecule has 0 aromatic rings. The van der Waals surface area contributed by atoms with E-state index >= 15 is 0 Å². The molecule has 0 aromatic carbocycles. The first-order valence-corrected chi connectivity index (χ1v) is 14.5. The van der Waals surface area contributed by atoms with Crippen molar-refractivity contribution in [1.29, 1.82) is 0 Å². The molecule has 0 aliphatic heterocycles. The fourth-order valence-electron chi connectivity index (χ4n) is 5.63. The van der Waals surface area contributed by atoms with E-state index in [-0.39, 0.29) is 0 Å². The lowest BCUT2D eigenvalue weighted by molar-refractivity contribution is 0.637. The number of hydrogen-bond acceptors (Lipinski definition) is 0. The van der Waals surface area contributed by atoms with Gasteiger partial charge in [-0.25, -0.2) is 0 Å². The van der Waals surface area contributed by atoms with Crippen molar-refractivity contribution >= 4 is 23.3 Å². The minimum atomic E-state index is -0.602. The quantitative estimate of drug-likeness (QED) is 0.416. The highest BCUT2D eigenvalue weighted by Gasteiger charge is 2.43. The molecule has 3 aliphatic rings. The van der Waals surface area contributed by atoms with Gasteiger partial charge in [0.2, 0.25) is 0 Å². The van der Waals surface area contributed by atoms with Crippen molar-refractivity contribution in [1.82, 2.24) is 0 Å². The second-order valence-electron chi connectivity index (χ2n) is 8.52. The molecule has 0 amide bonds. The third kappa shape index (κ3) is 4.72. The summed E-state index contributed by atoms with van der Waals surface area (Å²) in [6, 6.07) is 0. The van der Waals surface area contributed by atoms with E-state index in [0.717, 1.165) is 15.7 Å². The van der Waals surface area contributed by atoms with Crippen LogP contribution in [0.4, 0.5) is 0 Å². The highest BCUT2D eigenvalue weighted by Crippen LogP contribution is 2.73. The van der Waals surface area contributed by atoms with Crippen molar-refractivity contribution in [3.63, 3.8) is 0 Å². The van der Waals surface area contributed by atoms with Gasteiger partial charge in [0.05, 0.1) is 0 Å². The Bertz CT molecular complexity index is 268. The molecular weight excluding hydrogens is 364 g/mol. The summed E-state index contributed by atoms with van der Waals surface area (Å²) in [5.74, 6) is 0. The first-order chi connectivity index (χ1) is 11.3. The van der Waals surface area contributed by atoms with Crippen molar-refractivity contribution in [2.24, 2.45) is 0 Å². The van der Waals surface area contributed by atoms with Crippen LogP contribution in [0.3, 0.4) is 0 Å². The summed E-state index contributed by atoms with van der Waals surface area (Å²) in [7, 11) is -0.602. The Balaban J connectivity index is 1.82. The maximum absolute atomic E-state index is 4.66. The van der Waals surface area contributed by atoms with Crippen LogP contribution in [-0.4, -0.2) is 15.7 Å². The van der Waals surface area contributed by atoms with Crippen LogP contribution in [0.5, 0.6) is 0 Å². The molecule has 0 N–H and O–H groups in total. The monoisotopic (exact) mass is 402 g/mol. The zero-order chi connectivity index (χ0) is 16.0. The Labute approximate surface area is 154 Å². The molecule has 0 atom stereocenters. The molecule has 0 saturated heterocycles. The smallest absolute Gasteiger partial charge is 0.00162 e. The van der Waals surface area contributed by atoms with Crippen LogP contribution in [-0.2, 0) is 0 Å². The van der Waals surface area contributed by atoms with Crippen LogP contribution in [0, 0.1) is 0 Å². The van der Waals surface area contributed by atoms with Crippen molar-refractivity contribution in [2.75, 3.05) is 0 Å². The van der Waals surface area contributed by atoms with Crippen molar-refractivity contribution in [2.45, 2.75) is 131 Å². The molecule has 3 aliphatic carbocycles. The topological polar surface area (TPSA) is 0 Å². The maximum atomic E-state index is 4.66. The lowest BCUT2D eigenvalue weighted by atomic mass is 10.2. The fourth-order valence-corrected chi connectivity index (χ4v) is 13.8. The van der Waals surface area contributed by atoms with Gasteiger partial charge in [0, 0.05) is 0 Å². The SMILES string of the molecule is BrS(C1CCCCCC1)(C1CCCCCC1)C1CCCCCC1. The first-order valence-electron chi connectivity index (χ1n) is 10.8. The Hall–Kier alpha value is 0.830. The molecule has 3 saturated carbocycles. The fraction of sp³-hybridized carbons (Fsp3) is 1.00. The van der Waals surface area contributed by atoms with E-state index in [1.165, 1.54) is 77.0 Å². The van der Waals surface area contributed by atoms with Gasteiger partial charge in [-0.1, -0.05) is 77.0 Å². The summed E-state index contributed by atoms with van der Waals surface area (Å²) in [5.41, 5.74) is 0. The Morgan fingerprint density at radius 1 is 0.391 bits per heavy atom.